The minimum atomic E-state index is -0.200. The molecule has 0 saturated carbocycles. The Hall–Kier alpha value is -1.38. The summed E-state index contributed by atoms with van der Waals surface area (Å²) in [5.41, 5.74) is 3.30. The number of benzene rings is 1. The van der Waals surface area contributed by atoms with Crippen molar-refractivity contribution in [1.29, 1.82) is 0 Å². The van der Waals surface area contributed by atoms with E-state index in [-0.39, 0.29) is 6.29 Å². The van der Waals surface area contributed by atoms with Crippen molar-refractivity contribution in [1.82, 2.24) is 0 Å². The molecule has 0 amide bonds. The topological polar surface area (TPSA) is 18.5 Å². The van der Waals surface area contributed by atoms with Gasteiger partial charge in [-0.25, -0.2) is 0 Å². The van der Waals surface area contributed by atoms with Gasteiger partial charge in [0.15, 0.2) is 6.29 Å². The van der Waals surface area contributed by atoms with E-state index in [1.165, 1.54) is 5.56 Å². The van der Waals surface area contributed by atoms with E-state index < -0.39 is 0 Å². The Balaban J connectivity index is 2.43. The summed E-state index contributed by atoms with van der Waals surface area (Å²) in [6, 6.07) is 10.4. The molecule has 0 unspecified atom stereocenters. The molecule has 0 N–H and O–H groups in total. The quantitative estimate of drug-likeness (QED) is 0.491. The van der Waals surface area contributed by atoms with E-state index >= 15 is 0 Å². The molecule has 0 bridgehead atoms. The average Bonchev–Trinajstić information content (AvgIpc) is 2.38. The van der Waals surface area contributed by atoms with Crippen LogP contribution in [-0.2, 0) is 15.9 Å². The van der Waals surface area contributed by atoms with Gasteiger partial charge in [0, 0.05) is 6.42 Å². The Morgan fingerprint density at radius 2 is 1.53 bits per heavy atom. The normalized spacial score (nSPS) is 10.7. The molecule has 1 rings (SSSR count). The third-order valence-corrected chi connectivity index (χ3v) is 2.54. The zero-order valence-corrected chi connectivity index (χ0v) is 12.0. The zero-order chi connectivity index (χ0) is 14.1. The molecule has 19 heavy (non-hydrogen) atoms. The first-order valence-corrected chi connectivity index (χ1v) is 6.64. The first-order chi connectivity index (χ1) is 9.08. The molecule has 0 spiro atoms. The van der Waals surface area contributed by atoms with Gasteiger partial charge in [0.25, 0.3) is 0 Å². The molecule has 0 saturated heterocycles. The van der Waals surface area contributed by atoms with Crippen LogP contribution >= 0.6 is 0 Å². The van der Waals surface area contributed by atoms with Crippen molar-refractivity contribution in [3.63, 3.8) is 0 Å². The van der Waals surface area contributed by atoms with Gasteiger partial charge in [0.2, 0.25) is 0 Å². The largest absolute Gasteiger partial charge is 0.348 e. The highest BCUT2D eigenvalue weighted by molar-refractivity contribution is 5.14. The number of aryl methyl sites for hydroxylation is 1. The van der Waals surface area contributed by atoms with Crippen LogP contribution < -0.4 is 0 Å². The van der Waals surface area contributed by atoms with Crippen LogP contribution in [0.25, 0.3) is 0 Å². The van der Waals surface area contributed by atoms with E-state index in [1.54, 1.807) is 0 Å². The lowest BCUT2D eigenvalue weighted by atomic mass is 10.1. The first kappa shape index (κ1) is 15.7. The Labute approximate surface area is 116 Å². The minimum absolute atomic E-state index is 0.200. The maximum atomic E-state index is 5.71. The van der Waals surface area contributed by atoms with E-state index in [0.717, 1.165) is 24.0 Å². The Bertz CT molecular complexity index is 377. The fourth-order valence-electron chi connectivity index (χ4n) is 1.61. The smallest absolute Gasteiger partial charge is 0.158 e. The molecular formula is C17H24O2. The summed E-state index contributed by atoms with van der Waals surface area (Å²) in [6.45, 7) is 12.7. The van der Waals surface area contributed by atoms with Gasteiger partial charge < -0.3 is 9.47 Å². The lowest BCUT2D eigenvalue weighted by Gasteiger charge is -2.19. The molecule has 0 aromatic heterocycles. The highest BCUT2D eigenvalue weighted by atomic mass is 16.7. The van der Waals surface area contributed by atoms with Gasteiger partial charge in [-0.3, -0.25) is 0 Å². The van der Waals surface area contributed by atoms with Crippen molar-refractivity contribution >= 4 is 0 Å². The average molecular weight is 260 g/mol. The standard InChI is InChI=1S/C17H24O2/c1-14(2)12-18-17(19-13-15(3)4)11-10-16-8-6-5-7-9-16/h5-9,17H,1,3,10-13H2,2,4H3. The fourth-order valence-corrected chi connectivity index (χ4v) is 1.61. The van der Waals surface area contributed by atoms with Gasteiger partial charge in [-0.2, -0.15) is 0 Å². The Kier molecular flexibility index (Phi) is 7.16. The van der Waals surface area contributed by atoms with E-state index in [1.807, 2.05) is 32.0 Å². The minimum Gasteiger partial charge on any atom is -0.348 e. The van der Waals surface area contributed by atoms with E-state index in [2.05, 4.69) is 25.3 Å². The number of hydrogen-bond donors (Lipinski definition) is 0. The second-order valence-corrected chi connectivity index (χ2v) is 4.99. The number of rotatable bonds is 9. The van der Waals surface area contributed by atoms with Crippen molar-refractivity contribution in [2.45, 2.75) is 33.0 Å². The second-order valence-electron chi connectivity index (χ2n) is 4.99. The molecule has 1 aromatic carbocycles. The Morgan fingerprint density at radius 3 is 2.00 bits per heavy atom. The summed E-state index contributed by atoms with van der Waals surface area (Å²) >= 11 is 0. The van der Waals surface area contributed by atoms with Crippen LogP contribution in [0.2, 0.25) is 0 Å². The predicted octanol–water partition coefficient (Wildman–Crippen LogP) is 4.13. The summed E-state index contributed by atoms with van der Waals surface area (Å²) in [4.78, 5) is 0. The van der Waals surface area contributed by atoms with Gasteiger partial charge in [-0.05, 0) is 25.8 Å². The summed E-state index contributed by atoms with van der Waals surface area (Å²) in [6.07, 6.45) is 1.58. The Morgan fingerprint density at radius 1 is 1.00 bits per heavy atom. The lowest BCUT2D eigenvalue weighted by molar-refractivity contribution is -0.133. The molecule has 0 aliphatic heterocycles. The van der Waals surface area contributed by atoms with Crippen LogP contribution in [0.5, 0.6) is 0 Å². The molecule has 0 fully saturated rings. The zero-order valence-electron chi connectivity index (χ0n) is 12.0. The SMILES string of the molecule is C=C(C)COC(CCc1ccccc1)OCC(=C)C. The van der Waals surface area contributed by atoms with Gasteiger partial charge >= 0.3 is 0 Å². The third kappa shape index (κ3) is 7.60. The van der Waals surface area contributed by atoms with Crippen molar-refractivity contribution in [3.8, 4) is 0 Å². The van der Waals surface area contributed by atoms with E-state index in [9.17, 15) is 0 Å². The highest BCUT2D eigenvalue weighted by Crippen LogP contribution is 2.10. The molecule has 1 aromatic rings. The second kappa shape index (κ2) is 8.68. The van der Waals surface area contributed by atoms with Gasteiger partial charge in [-0.15, -0.1) is 0 Å². The number of ether oxygens (including phenoxy) is 2. The monoisotopic (exact) mass is 260 g/mol. The molecule has 2 heteroatoms. The molecule has 0 atom stereocenters. The summed E-state index contributed by atoms with van der Waals surface area (Å²) in [7, 11) is 0. The van der Waals surface area contributed by atoms with Crippen molar-refractivity contribution in [2.24, 2.45) is 0 Å². The number of hydrogen-bond acceptors (Lipinski definition) is 2. The van der Waals surface area contributed by atoms with E-state index in [0.29, 0.717) is 13.2 Å². The van der Waals surface area contributed by atoms with Crippen LogP contribution in [0.1, 0.15) is 25.8 Å². The predicted molar refractivity (Wildman–Crippen MR) is 80.1 cm³/mol. The van der Waals surface area contributed by atoms with Crippen molar-refractivity contribution in [3.05, 3.63) is 60.2 Å². The third-order valence-electron chi connectivity index (χ3n) is 2.54. The summed E-state index contributed by atoms with van der Waals surface area (Å²) < 4.78 is 11.4. The van der Waals surface area contributed by atoms with Gasteiger partial charge in [0.05, 0.1) is 13.2 Å². The molecule has 0 radical (unpaired) electrons. The maximum absolute atomic E-state index is 5.71. The molecule has 0 heterocycles. The fraction of sp³-hybridized carbons (Fsp3) is 0.412. The van der Waals surface area contributed by atoms with Crippen molar-refractivity contribution in [2.75, 3.05) is 13.2 Å². The molecule has 104 valence electrons. The van der Waals surface area contributed by atoms with E-state index in [4.69, 9.17) is 9.47 Å². The molecule has 0 aliphatic carbocycles. The van der Waals surface area contributed by atoms with Crippen LogP contribution in [-0.4, -0.2) is 19.5 Å². The lowest BCUT2D eigenvalue weighted by Crippen LogP contribution is -2.20. The van der Waals surface area contributed by atoms with Crippen LogP contribution in [0.4, 0.5) is 0 Å². The molecule has 0 aliphatic rings. The van der Waals surface area contributed by atoms with Crippen LogP contribution in [0.3, 0.4) is 0 Å². The van der Waals surface area contributed by atoms with Crippen LogP contribution in [0.15, 0.2) is 54.6 Å². The molecule has 2 nitrogen and oxygen atoms in total. The maximum Gasteiger partial charge on any atom is 0.158 e. The molecular weight excluding hydrogens is 236 g/mol. The van der Waals surface area contributed by atoms with Crippen molar-refractivity contribution < 1.29 is 9.47 Å². The van der Waals surface area contributed by atoms with Gasteiger partial charge in [0.1, 0.15) is 0 Å². The highest BCUT2D eigenvalue weighted by Gasteiger charge is 2.10. The van der Waals surface area contributed by atoms with Crippen LogP contribution in [0, 0.1) is 0 Å². The van der Waals surface area contributed by atoms with Gasteiger partial charge in [-0.1, -0.05) is 54.6 Å². The first-order valence-electron chi connectivity index (χ1n) is 6.64. The summed E-state index contributed by atoms with van der Waals surface area (Å²) in [5, 5.41) is 0. The summed E-state index contributed by atoms with van der Waals surface area (Å²) in [5.74, 6) is 0.